The molecule has 0 saturated carbocycles. The Kier molecular flexibility index (Phi) is 4.71. The van der Waals surface area contributed by atoms with Gasteiger partial charge >= 0.3 is 0 Å². The summed E-state index contributed by atoms with van der Waals surface area (Å²) in [6.07, 6.45) is 1.66. The third-order valence-corrected chi connectivity index (χ3v) is 3.50. The molecule has 0 saturated heterocycles. The Hall–Kier alpha value is -1.21. The van der Waals surface area contributed by atoms with Crippen LogP contribution in [-0.2, 0) is 0 Å². The molecule has 0 aliphatic carbocycles. The highest BCUT2D eigenvalue weighted by molar-refractivity contribution is 9.11. The topological polar surface area (TPSA) is 49.8 Å². The normalized spacial score (nSPS) is 10.3. The molecule has 0 unspecified atom stereocenters. The Morgan fingerprint density at radius 2 is 2.05 bits per heavy atom. The standard InChI is InChI=1S/C12H11Br2FN4/c1-2-16-12-17-6-9(14)11(19-12)18-10-4-3-7(15)5-8(10)13/h3-6H,2H2,1H3,(H2,16,17,18,19). The van der Waals surface area contributed by atoms with Crippen molar-refractivity contribution in [2.24, 2.45) is 0 Å². The van der Waals surface area contributed by atoms with Gasteiger partial charge in [-0.3, -0.25) is 0 Å². The molecule has 0 radical (unpaired) electrons. The number of nitrogens with one attached hydrogen (secondary N) is 2. The van der Waals surface area contributed by atoms with Crippen molar-refractivity contribution in [1.82, 2.24) is 9.97 Å². The van der Waals surface area contributed by atoms with Crippen molar-refractivity contribution in [3.05, 3.63) is 39.2 Å². The zero-order chi connectivity index (χ0) is 13.8. The van der Waals surface area contributed by atoms with E-state index in [1.807, 2.05) is 6.92 Å². The Morgan fingerprint density at radius 1 is 1.26 bits per heavy atom. The lowest BCUT2D eigenvalue weighted by Crippen LogP contribution is -2.04. The molecule has 4 nitrogen and oxygen atoms in total. The highest BCUT2D eigenvalue weighted by atomic mass is 79.9. The molecule has 2 rings (SSSR count). The van der Waals surface area contributed by atoms with E-state index in [9.17, 15) is 4.39 Å². The number of benzene rings is 1. The summed E-state index contributed by atoms with van der Waals surface area (Å²) >= 11 is 6.67. The molecule has 19 heavy (non-hydrogen) atoms. The van der Waals surface area contributed by atoms with E-state index in [-0.39, 0.29) is 5.82 Å². The fraction of sp³-hybridized carbons (Fsp3) is 0.167. The average molecular weight is 390 g/mol. The van der Waals surface area contributed by atoms with E-state index in [0.717, 1.165) is 16.7 Å². The van der Waals surface area contributed by atoms with E-state index in [1.54, 1.807) is 12.3 Å². The minimum absolute atomic E-state index is 0.299. The predicted molar refractivity (Wildman–Crippen MR) is 81.3 cm³/mol. The first-order valence-corrected chi connectivity index (χ1v) is 7.17. The average Bonchev–Trinajstić information content (AvgIpc) is 2.37. The van der Waals surface area contributed by atoms with Crippen LogP contribution in [0.4, 0.5) is 21.8 Å². The Bertz CT molecular complexity index is 592. The second-order valence-electron chi connectivity index (χ2n) is 3.67. The summed E-state index contributed by atoms with van der Waals surface area (Å²) in [5, 5.41) is 6.14. The second-order valence-corrected chi connectivity index (χ2v) is 5.38. The largest absolute Gasteiger partial charge is 0.354 e. The molecule has 0 aliphatic heterocycles. The van der Waals surface area contributed by atoms with E-state index in [0.29, 0.717) is 16.2 Å². The van der Waals surface area contributed by atoms with E-state index >= 15 is 0 Å². The molecule has 0 spiro atoms. The highest BCUT2D eigenvalue weighted by Crippen LogP contribution is 2.29. The molecule has 0 fully saturated rings. The third-order valence-electron chi connectivity index (χ3n) is 2.26. The van der Waals surface area contributed by atoms with Crippen LogP contribution in [0.1, 0.15) is 6.92 Å². The van der Waals surface area contributed by atoms with Crippen LogP contribution in [0.15, 0.2) is 33.3 Å². The molecule has 2 aromatic rings. The summed E-state index contributed by atoms with van der Waals surface area (Å²) in [4.78, 5) is 8.45. The molecule has 7 heteroatoms. The number of hydrogen-bond donors (Lipinski definition) is 2. The Labute approximate surface area is 127 Å². The lowest BCUT2D eigenvalue weighted by Gasteiger charge is -2.10. The van der Waals surface area contributed by atoms with Crippen LogP contribution in [0.5, 0.6) is 0 Å². The van der Waals surface area contributed by atoms with E-state index in [2.05, 4.69) is 52.5 Å². The summed E-state index contributed by atoms with van der Waals surface area (Å²) in [5.74, 6) is 0.845. The Balaban J connectivity index is 2.29. The maximum atomic E-state index is 13.0. The van der Waals surface area contributed by atoms with Crippen molar-refractivity contribution >= 4 is 49.3 Å². The van der Waals surface area contributed by atoms with Gasteiger partial charge in [0.2, 0.25) is 5.95 Å². The second kappa shape index (κ2) is 6.29. The van der Waals surface area contributed by atoms with Crippen molar-refractivity contribution < 1.29 is 4.39 Å². The van der Waals surface area contributed by atoms with Gasteiger partial charge in [0.05, 0.1) is 10.2 Å². The van der Waals surface area contributed by atoms with Crippen LogP contribution >= 0.6 is 31.9 Å². The van der Waals surface area contributed by atoms with E-state index in [4.69, 9.17) is 0 Å². The molecule has 0 aliphatic rings. The van der Waals surface area contributed by atoms with E-state index < -0.39 is 0 Å². The molecule has 0 amide bonds. The number of nitrogens with zero attached hydrogens (tertiary/aromatic N) is 2. The first-order valence-electron chi connectivity index (χ1n) is 5.58. The molecule has 100 valence electrons. The number of halogens is 3. The van der Waals surface area contributed by atoms with Gasteiger partial charge in [0.15, 0.2) is 0 Å². The smallest absolute Gasteiger partial charge is 0.224 e. The molecule has 0 bridgehead atoms. The Morgan fingerprint density at radius 3 is 2.74 bits per heavy atom. The van der Waals surface area contributed by atoms with Gasteiger partial charge in [-0.15, -0.1) is 0 Å². The van der Waals surface area contributed by atoms with Crippen LogP contribution in [0.2, 0.25) is 0 Å². The zero-order valence-corrected chi connectivity index (χ0v) is 13.2. The molecule has 0 atom stereocenters. The van der Waals surface area contributed by atoms with Gasteiger partial charge in [0.1, 0.15) is 11.6 Å². The van der Waals surface area contributed by atoms with Gasteiger partial charge in [0.25, 0.3) is 0 Å². The number of hydrogen-bond acceptors (Lipinski definition) is 4. The number of anilines is 3. The van der Waals surface area contributed by atoms with Crippen molar-refractivity contribution in [2.75, 3.05) is 17.2 Å². The molecule has 1 aromatic heterocycles. The molecular formula is C12H11Br2FN4. The fourth-order valence-electron chi connectivity index (χ4n) is 1.42. The van der Waals surface area contributed by atoms with Gasteiger partial charge in [-0.05, 0) is 57.0 Å². The summed E-state index contributed by atoms with van der Waals surface area (Å²) in [5.41, 5.74) is 0.725. The quantitative estimate of drug-likeness (QED) is 0.817. The van der Waals surface area contributed by atoms with Crippen LogP contribution in [0, 0.1) is 5.82 Å². The van der Waals surface area contributed by atoms with Crippen molar-refractivity contribution in [3.63, 3.8) is 0 Å². The molecule has 1 heterocycles. The first-order chi connectivity index (χ1) is 9.10. The first kappa shape index (κ1) is 14.2. The number of rotatable bonds is 4. The monoisotopic (exact) mass is 388 g/mol. The maximum Gasteiger partial charge on any atom is 0.224 e. The van der Waals surface area contributed by atoms with Crippen LogP contribution in [0.3, 0.4) is 0 Å². The predicted octanol–water partition coefficient (Wildman–Crippen LogP) is 4.32. The van der Waals surface area contributed by atoms with E-state index in [1.165, 1.54) is 12.1 Å². The van der Waals surface area contributed by atoms with Gasteiger partial charge in [-0.25, -0.2) is 9.37 Å². The summed E-state index contributed by atoms with van der Waals surface area (Å²) in [7, 11) is 0. The fourth-order valence-corrected chi connectivity index (χ4v) is 2.16. The zero-order valence-electron chi connectivity index (χ0n) is 10.0. The maximum absolute atomic E-state index is 13.0. The van der Waals surface area contributed by atoms with Gasteiger partial charge < -0.3 is 10.6 Å². The van der Waals surface area contributed by atoms with Gasteiger partial charge in [-0.2, -0.15) is 4.98 Å². The van der Waals surface area contributed by atoms with Crippen LogP contribution < -0.4 is 10.6 Å². The SMILES string of the molecule is CCNc1ncc(Br)c(Nc2ccc(F)cc2Br)n1. The van der Waals surface area contributed by atoms with Gasteiger partial charge in [-0.1, -0.05) is 0 Å². The summed E-state index contributed by atoms with van der Waals surface area (Å²) in [6.45, 7) is 2.70. The lowest BCUT2D eigenvalue weighted by atomic mass is 10.3. The number of aromatic nitrogens is 2. The van der Waals surface area contributed by atoms with Crippen molar-refractivity contribution in [3.8, 4) is 0 Å². The van der Waals surface area contributed by atoms with Gasteiger partial charge in [0, 0.05) is 17.2 Å². The van der Waals surface area contributed by atoms with Crippen molar-refractivity contribution in [1.29, 1.82) is 0 Å². The van der Waals surface area contributed by atoms with Crippen LogP contribution in [0.25, 0.3) is 0 Å². The molecule has 2 N–H and O–H groups in total. The minimum Gasteiger partial charge on any atom is -0.354 e. The minimum atomic E-state index is -0.299. The third kappa shape index (κ3) is 3.63. The summed E-state index contributed by atoms with van der Waals surface area (Å²) in [6, 6.07) is 4.41. The molecule has 1 aromatic carbocycles. The molecular weight excluding hydrogens is 379 g/mol. The lowest BCUT2D eigenvalue weighted by molar-refractivity contribution is 0.627. The van der Waals surface area contributed by atoms with Crippen LogP contribution in [-0.4, -0.2) is 16.5 Å². The highest BCUT2D eigenvalue weighted by Gasteiger charge is 2.07. The van der Waals surface area contributed by atoms with Crippen molar-refractivity contribution in [2.45, 2.75) is 6.92 Å². The summed E-state index contributed by atoms with van der Waals surface area (Å²) < 4.78 is 14.4.